The van der Waals surface area contributed by atoms with E-state index in [1.54, 1.807) is 0 Å². The van der Waals surface area contributed by atoms with Gasteiger partial charge < -0.3 is 15.0 Å². The van der Waals surface area contributed by atoms with E-state index in [4.69, 9.17) is 4.74 Å². The van der Waals surface area contributed by atoms with Crippen molar-refractivity contribution < 1.29 is 19.1 Å². The van der Waals surface area contributed by atoms with Crippen molar-refractivity contribution in [2.75, 3.05) is 6.54 Å². The van der Waals surface area contributed by atoms with E-state index in [9.17, 15) is 14.4 Å². The summed E-state index contributed by atoms with van der Waals surface area (Å²) in [5.41, 5.74) is 0.909. The summed E-state index contributed by atoms with van der Waals surface area (Å²) in [7, 11) is 0. The number of rotatable bonds is 3. The third-order valence-corrected chi connectivity index (χ3v) is 2.66. The third-order valence-electron chi connectivity index (χ3n) is 2.66. The summed E-state index contributed by atoms with van der Waals surface area (Å²) in [6, 6.07) is 9.30. The molecule has 1 aliphatic heterocycles. The molecule has 1 atom stereocenters. The molecule has 0 saturated carbocycles. The lowest BCUT2D eigenvalue weighted by molar-refractivity contribution is -0.167. The summed E-state index contributed by atoms with van der Waals surface area (Å²) in [5, 5.41) is 2.34. The summed E-state index contributed by atoms with van der Waals surface area (Å²) in [6.07, 6.45) is -1.22. The Kier molecular flexibility index (Phi) is 3.79. The smallest absolute Gasteiger partial charge is 0.304 e. The normalized spacial score (nSPS) is 19.0. The van der Waals surface area contributed by atoms with Crippen LogP contribution in [0.2, 0.25) is 0 Å². The Labute approximate surface area is 110 Å². The Hall–Kier alpha value is -2.37. The molecule has 0 spiro atoms. The second-order valence-corrected chi connectivity index (χ2v) is 4.24. The van der Waals surface area contributed by atoms with Crippen LogP contribution in [-0.4, -0.2) is 35.5 Å². The van der Waals surface area contributed by atoms with Crippen molar-refractivity contribution >= 4 is 17.8 Å². The molecule has 0 unspecified atom stereocenters. The van der Waals surface area contributed by atoms with Gasteiger partial charge in [0.05, 0.1) is 0 Å². The van der Waals surface area contributed by atoms with Crippen LogP contribution in [0.25, 0.3) is 0 Å². The van der Waals surface area contributed by atoms with Crippen LogP contribution in [0.4, 0.5) is 0 Å². The maximum atomic E-state index is 12.0. The van der Waals surface area contributed by atoms with Gasteiger partial charge in [-0.2, -0.15) is 0 Å². The number of nitrogens with zero attached hydrogens (tertiary/aromatic N) is 1. The molecule has 100 valence electrons. The van der Waals surface area contributed by atoms with Crippen LogP contribution >= 0.6 is 0 Å². The number of carbonyl (C=O) groups is 3. The fourth-order valence-corrected chi connectivity index (χ4v) is 1.85. The predicted molar refractivity (Wildman–Crippen MR) is 65.6 cm³/mol. The number of hydrogen-bond acceptors (Lipinski definition) is 4. The van der Waals surface area contributed by atoms with Gasteiger partial charge in [0.25, 0.3) is 12.1 Å². The van der Waals surface area contributed by atoms with Crippen LogP contribution in [0.15, 0.2) is 30.3 Å². The summed E-state index contributed by atoms with van der Waals surface area (Å²) in [6.45, 7) is 1.46. The van der Waals surface area contributed by atoms with E-state index >= 15 is 0 Å². The van der Waals surface area contributed by atoms with Crippen LogP contribution in [0.5, 0.6) is 0 Å². The van der Waals surface area contributed by atoms with Crippen molar-refractivity contribution in [2.24, 2.45) is 0 Å². The van der Waals surface area contributed by atoms with Crippen molar-refractivity contribution in [3.05, 3.63) is 35.9 Å². The summed E-state index contributed by atoms with van der Waals surface area (Å²) in [5.74, 6) is -1.37. The Bertz CT molecular complexity index is 499. The van der Waals surface area contributed by atoms with Gasteiger partial charge in [-0.1, -0.05) is 30.3 Å². The zero-order valence-corrected chi connectivity index (χ0v) is 10.5. The molecule has 0 aliphatic carbocycles. The maximum absolute atomic E-state index is 12.0. The van der Waals surface area contributed by atoms with Crippen molar-refractivity contribution in [2.45, 2.75) is 19.7 Å². The molecule has 1 heterocycles. The van der Waals surface area contributed by atoms with Gasteiger partial charge in [0, 0.05) is 13.5 Å². The average molecular weight is 262 g/mol. The van der Waals surface area contributed by atoms with Gasteiger partial charge >= 0.3 is 5.97 Å². The van der Waals surface area contributed by atoms with Gasteiger partial charge in [0.15, 0.2) is 0 Å². The Morgan fingerprint density at radius 3 is 2.68 bits per heavy atom. The lowest BCUT2D eigenvalue weighted by Crippen LogP contribution is -2.58. The first-order chi connectivity index (χ1) is 9.06. The first kappa shape index (κ1) is 13.1. The predicted octanol–water partition coefficient (Wildman–Crippen LogP) is 0.0342. The highest BCUT2D eigenvalue weighted by molar-refractivity contribution is 5.94. The fourth-order valence-electron chi connectivity index (χ4n) is 1.85. The molecule has 1 N–H and O–H groups in total. The number of esters is 1. The van der Waals surface area contributed by atoms with Gasteiger partial charge in [0.1, 0.15) is 6.54 Å². The number of nitrogens with one attached hydrogen (secondary N) is 1. The SMILES string of the molecule is CC(=O)O[C@H]1NC(=O)CN(Cc2ccccc2)C1=O. The third kappa shape index (κ3) is 3.31. The van der Waals surface area contributed by atoms with Crippen LogP contribution in [0.3, 0.4) is 0 Å². The zero-order valence-electron chi connectivity index (χ0n) is 10.5. The molecule has 1 fully saturated rings. The number of carbonyl (C=O) groups excluding carboxylic acids is 3. The number of benzene rings is 1. The zero-order chi connectivity index (χ0) is 13.8. The van der Waals surface area contributed by atoms with E-state index in [0.29, 0.717) is 6.54 Å². The summed E-state index contributed by atoms with van der Waals surface area (Å²) >= 11 is 0. The first-order valence-electron chi connectivity index (χ1n) is 5.85. The molecule has 2 amide bonds. The second-order valence-electron chi connectivity index (χ2n) is 4.24. The largest absolute Gasteiger partial charge is 0.432 e. The first-order valence-corrected chi connectivity index (χ1v) is 5.85. The topological polar surface area (TPSA) is 75.7 Å². The molecule has 1 aliphatic rings. The highest BCUT2D eigenvalue weighted by Gasteiger charge is 2.34. The van der Waals surface area contributed by atoms with E-state index in [2.05, 4.69) is 5.32 Å². The molecular weight excluding hydrogens is 248 g/mol. The van der Waals surface area contributed by atoms with Crippen molar-refractivity contribution in [1.29, 1.82) is 0 Å². The quantitative estimate of drug-likeness (QED) is 0.780. The standard InChI is InChI=1S/C13H14N2O4/c1-9(16)19-12-13(18)15(8-11(17)14-12)7-10-5-3-2-4-6-10/h2-6,12H,7-8H2,1H3,(H,14,17)/t12-/m1/s1. The van der Waals surface area contributed by atoms with Gasteiger partial charge in [-0.05, 0) is 5.56 Å². The van der Waals surface area contributed by atoms with Crippen molar-refractivity contribution in [3.63, 3.8) is 0 Å². The minimum atomic E-state index is -1.22. The second kappa shape index (κ2) is 5.51. The molecule has 2 rings (SSSR count). The van der Waals surface area contributed by atoms with Gasteiger partial charge in [-0.25, -0.2) is 0 Å². The van der Waals surface area contributed by atoms with Crippen LogP contribution in [-0.2, 0) is 25.7 Å². The van der Waals surface area contributed by atoms with E-state index in [1.807, 2.05) is 30.3 Å². The van der Waals surface area contributed by atoms with E-state index in [1.165, 1.54) is 11.8 Å². The molecule has 1 aromatic carbocycles. The minimum absolute atomic E-state index is 0.0362. The number of piperazine rings is 1. The number of ether oxygens (including phenoxy) is 1. The molecule has 0 aromatic heterocycles. The minimum Gasteiger partial charge on any atom is -0.432 e. The Morgan fingerprint density at radius 2 is 2.05 bits per heavy atom. The molecule has 6 nitrogen and oxygen atoms in total. The Balaban J connectivity index is 2.09. The number of amides is 2. The van der Waals surface area contributed by atoms with Gasteiger partial charge in [-0.15, -0.1) is 0 Å². The molecule has 0 radical (unpaired) electrons. The number of hydrogen-bond donors (Lipinski definition) is 1. The van der Waals surface area contributed by atoms with Crippen LogP contribution in [0, 0.1) is 0 Å². The molecule has 19 heavy (non-hydrogen) atoms. The highest BCUT2D eigenvalue weighted by atomic mass is 16.6. The summed E-state index contributed by atoms with van der Waals surface area (Å²) in [4.78, 5) is 35.8. The van der Waals surface area contributed by atoms with E-state index in [0.717, 1.165) is 5.56 Å². The molecule has 6 heteroatoms. The maximum Gasteiger partial charge on any atom is 0.304 e. The van der Waals surface area contributed by atoms with E-state index in [-0.39, 0.29) is 12.5 Å². The monoisotopic (exact) mass is 262 g/mol. The van der Waals surface area contributed by atoms with Crippen molar-refractivity contribution in [3.8, 4) is 0 Å². The Morgan fingerprint density at radius 1 is 1.37 bits per heavy atom. The lowest BCUT2D eigenvalue weighted by Gasteiger charge is -2.31. The summed E-state index contributed by atoms with van der Waals surface area (Å²) < 4.78 is 4.78. The van der Waals surface area contributed by atoms with E-state index < -0.39 is 18.1 Å². The fraction of sp³-hybridized carbons (Fsp3) is 0.308. The van der Waals surface area contributed by atoms with Crippen LogP contribution in [0.1, 0.15) is 12.5 Å². The molecule has 0 bridgehead atoms. The molecule has 1 aromatic rings. The molecule has 1 saturated heterocycles. The van der Waals surface area contributed by atoms with Crippen LogP contribution < -0.4 is 5.32 Å². The van der Waals surface area contributed by atoms with Gasteiger partial charge in [0.2, 0.25) is 5.91 Å². The van der Waals surface area contributed by atoms with Gasteiger partial charge in [-0.3, -0.25) is 14.4 Å². The van der Waals surface area contributed by atoms with Crippen molar-refractivity contribution in [1.82, 2.24) is 10.2 Å². The lowest BCUT2D eigenvalue weighted by atomic mass is 10.2. The highest BCUT2D eigenvalue weighted by Crippen LogP contribution is 2.10. The molecular formula is C13H14N2O4. The average Bonchev–Trinajstić information content (AvgIpc) is 2.35.